The van der Waals surface area contributed by atoms with Crippen LogP contribution < -0.4 is 0 Å². The van der Waals surface area contributed by atoms with Gasteiger partial charge in [0.1, 0.15) is 0 Å². The maximum atomic E-state index is 6.04. The number of rotatable bonds is 1. The highest BCUT2D eigenvalue weighted by Crippen LogP contribution is 2.19. The summed E-state index contributed by atoms with van der Waals surface area (Å²) in [7, 11) is 0. The fourth-order valence-corrected chi connectivity index (χ4v) is 2.14. The molecule has 1 heterocycles. The van der Waals surface area contributed by atoms with Crippen LogP contribution in [-0.2, 0) is 0 Å². The van der Waals surface area contributed by atoms with Crippen molar-refractivity contribution in [2.75, 3.05) is 19.6 Å². The van der Waals surface area contributed by atoms with Crippen molar-refractivity contribution in [2.24, 2.45) is 5.92 Å². The number of likely N-dealkylation sites (tertiary alicyclic amines) is 1. The van der Waals surface area contributed by atoms with Gasteiger partial charge >= 0.3 is 0 Å². The summed E-state index contributed by atoms with van der Waals surface area (Å²) in [5, 5.41) is 0.392. The lowest BCUT2D eigenvalue weighted by Gasteiger charge is -2.32. The quantitative estimate of drug-likeness (QED) is 0.532. The van der Waals surface area contributed by atoms with Crippen LogP contribution in [0.2, 0.25) is 0 Å². The predicted molar refractivity (Wildman–Crippen MR) is 45.5 cm³/mol. The molecule has 0 spiro atoms. The van der Waals surface area contributed by atoms with E-state index in [-0.39, 0.29) is 0 Å². The van der Waals surface area contributed by atoms with Crippen molar-refractivity contribution >= 4 is 11.6 Å². The number of hydrogen-bond donors (Lipinski definition) is 0. The van der Waals surface area contributed by atoms with Crippen molar-refractivity contribution in [3.63, 3.8) is 0 Å². The number of hydrogen-bond acceptors (Lipinski definition) is 1. The molecule has 0 aromatic rings. The molecule has 0 aromatic carbocycles. The molecule has 1 nitrogen and oxygen atoms in total. The maximum Gasteiger partial charge on any atom is 0.0466 e. The van der Waals surface area contributed by atoms with Crippen LogP contribution in [0.25, 0.3) is 0 Å². The van der Waals surface area contributed by atoms with Crippen LogP contribution >= 0.6 is 11.6 Å². The standard InChI is InChI=1S/C8H16ClN/c1-3-10-5-7(2)4-8(9)6-10/h7-8H,3-6H2,1-2H3. The smallest absolute Gasteiger partial charge is 0.0466 e. The first-order valence-electron chi connectivity index (χ1n) is 4.08. The van der Waals surface area contributed by atoms with E-state index in [1.807, 2.05) is 0 Å². The molecule has 60 valence electrons. The second-order valence-electron chi connectivity index (χ2n) is 3.29. The van der Waals surface area contributed by atoms with E-state index >= 15 is 0 Å². The molecule has 0 aliphatic carbocycles. The van der Waals surface area contributed by atoms with E-state index in [0.29, 0.717) is 5.38 Å². The molecule has 0 radical (unpaired) electrons. The number of piperidine rings is 1. The molecule has 0 saturated carbocycles. The second-order valence-corrected chi connectivity index (χ2v) is 3.91. The largest absolute Gasteiger partial charge is 0.302 e. The van der Waals surface area contributed by atoms with E-state index in [9.17, 15) is 0 Å². The van der Waals surface area contributed by atoms with E-state index < -0.39 is 0 Å². The summed E-state index contributed by atoms with van der Waals surface area (Å²) in [5.74, 6) is 0.788. The molecule has 1 aliphatic rings. The third-order valence-corrected chi connectivity index (χ3v) is 2.45. The lowest BCUT2D eigenvalue weighted by atomic mass is 10.0. The van der Waals surface area contributed by atoms with Crippen molar-refractivity contribution < 1.29 is 0 Å². The maximum absolute atomic E-state index is 6.04. The van der Waals surface area contributed by atoms with Crippen LogP contribution in [0.3, 0.4) is 0 Å². The van der Waals surface area contributed by atoms with Gasteiger partial charge in [-0.2, -0.15) is 0 Å². The van der Waals surface area contributed by atoms with Crippen molar-refractivity contribution in [3.8, 4) is 0 Å². The molecule has 1 saturated heterocycles. The summed E-state index contributed by atoms with van der Waals surface area (Å²) in [6.45, 7) is 7.94. The van der Waals surface area contributed by atoms with Gasteiger partial charge in [-0.15, -0.1) is 11.6 Å². The van der Waals surface area contributed by atoms with E-state index in [0.717, 1.165) is 19.0 Å². The van der Waals surface area contributed by atoms with Gasteiger partial charge in [0.25, 0.3) is 0 Å². The molecule has 2 unspecified atom stereocenters. The van der Waals surface area contributed by atoms with Gasteiger partial charge in [0, 0.05) is 18.5 Å². The zero-order valence-corrected chi connectivity index (χ0v) is 7.56. The Balaban J connectivity index is 2.35. The second kappa shape index (κ2) is 3.59. The van der Waals surface area contributed by atoms with Crippen LogP contribution in [-0.4, -0.2) is 29.9 Å². The van der Waals surface area contributed by atoms with Crippen molar-refractivity contribution in [3.05, 3.63) is 0 Å². The Labute approximate surface area is 68.4 Å². The summed E-state index contributed by atoms with van der Waals surface area (Å²) in [6.07, 6.45) is 1.19. The first-order chi connectivity index (χ1) is 4.72. The fraction of sp³-hybridized carbons (Fsp3) is 1.00. The van der Waals surface area contributed by atoms with Crippen LogP contribution in [0.5, 0.6) is 0 Å². The Morgan fingerprint density at radius 3 is 2.70 bits per heavy atom. The van der Waals surface area contributed by atoms with Crippen molar-refractivity contribution in [1.82, 2.24) is 4.90 Å². The Hall–Kier alpha value is 0.250. The first kappa shape index (κ1) is 8.35. The molecule has 2 heteroatoms. The monoisotopic (exact) mass is 161 g/mol. The molecule has 2 atom stereocenters. The van der Waals surface area contributed by atoms with Crippen LogP contribution in [0.15, 0.2) is 0 Å². The van der Waals surface area contributed by atoms with Crippen molar-refractivity contribution in [2.45, 2.75) is 25.6 Å². The first-order valence-corrected chi connectivity index (χ1v) is 4.52. The van der Waals surface area contributed by atoms with Gasteiger partial charge in [-0.05, 0) is 18.9 Å². The number of alkyl halides is 1. The van der Waals surface area contributed by atoms with E-state index in [2.05, 4.69) is 18.7 Å². The molecule has 10 heavy (non-hydrogen) atoms. The SMILES string of the molecule is CCN1CC(C)CC(Cl)C1. The topological polar surface area (TPSA) is 3.24 Å². The van der Waals surface area contributed by atoms with Gasteiger partial charge in [-0.1, -0.05) is 13.8 Å². The normalized spacial score (nSPS) is 36.3. The predicted octanol–water partition coefficient (Wildman–Crippen LogP) is 1.96. The molecule has 1 fully saturated rings. The molecule has 1 aliphatic heterocycles. The van der Waals surface area contributed by atoms with Crippen LogP contribution in [0.4, 0.5) is 0 Å². The van der Waals surface area contributed by atoms with Gasteiger partial charge in [-0.3, -0.25) is 0 Å². The summed E-state index contributed by atoms with van der Waals surface area (Å²) in [5.41, 5.74) is 0. The van der Waals surface area contributed by atoms with Gasteiger partial charge in [0.15, 0.2) is 0 Å². The minimum Gasteiger partial charge on any atom is -0.302 e. The van der Waals surface area contributed by atoms with Crippen LogP contribution in [0.1, 0.15) is 20.3 Å². The fourth-order valence-electron chi connectivity index (χ4n) is 1.64. The van der Waals surface area contributed by atoms with Gasteiger partial charge in [0.2, 0.25) is 0 Å². The summed E-state index contributed by atoms with van der Waals surface area (Å²) in [4.78, 5) is 2.42. The highest BCUT2D eigenvalue weighted by atomic mass is 35.5. The third kappa shape index (κ3) is 2.14. The average Bonchev–Trinajstić information content (AvgIpc) is 1.85. The van der Waals surface area contributed by atoms with Crippen molar-refractivity contribution in [1.29, 1.82) is 0 Å². The molecule has 0 bridgehead atoms. The average molecular weight is 162 g/mol. The molecule has 0 aromatic heterocycles. The molecular weight excluding hydrogens is 146 g/mol. The van der Waals surface area contributed by atoms with Gasteiger partial charge in [-0.25, -0.2) is 0 Å². The third-order valence-electron chi connectivity index (χ3n) is 2.13. The Bertz CT molecular complexity index is 95.4. The van der Waals surface area contributed by atoms with Gasteiger partial charge < -0.3 is 4.90 Å². The summed E-state index contributed by atoms with van der Waals surface area (Å²) >= 11 is 6.04. The Kier molecular flexibility index (Phi) is 2.99. The highest BCUT2D eigenvalue weighted by Gasteiger charge is 2.21. The minimum atomic E-state index is 0.392. The van der Waals surface area contributed by atoms with E-state index in [1.165, 1.54) is 13.0 Å². The zero-order chi connectivity index (χ0) is 7.56. The van der Waals surface area contributed by atoms with Gasteiger partial charge in [0.05, 0.1) is 0 Å². The molecular formula is C8H16ClN. The highest BCUT2D eigenvalue weighted by molar-refractivity contribution is 6.20. The minimum absolute atomic E-state index is 0.392. The number of nitrogens with zero attached hydrogens (tertiary/aromatic N) is 1. The zero-order valence-electron chi connectivity index (χ0n) is 6.81. The molecule has 0 N–H and O–H groups in total. The number of halogens is 1. The molecule has 0 amide bonds. The Morgan fingerprint density at radius 2 is 2.20 bits per heavy atom. The Morgan fingerprint density at radius 1 is 1.50 bits per heavy atom. The summed E-state index contributed by atoms with van der Waals surface area (Å²) in [6, 6.07) is 0. The van der Waals surface area contributed by atoms with E-state index in [4.69, 9.17) is 11.6 Å². The lowest BCUT2D eigenvalue weighted by molar-refractivity contribution is 0.196. The summed E-state index contributed by atoms with van der Waals surface area (Å²) < 4.78 is 0. The van der Waals surface area contributed by atoms with Crippen LogP contribution in [0, 0.1) is 5.92 Å². The molecule has 1 rings (SSSR count). The van der Waals surface area contributed by atoms with E-state index in [1.54, 1.807) is 0 Å². The lowest BCUT2D eigenvalue weighted by Crippen LogP contribution is -2.39.